The summed E-state index contributed by atoms with van der Waals surface area (Å²) in [5.41, 5.74) is 9.72. The van der Waals surface area contributed by atoms with Crippen molar-refractivity contribution in [2.24, 2.45) is 5.10 Å². The Morgan fingerprint density at radius 3 is 2.62 bits per heavy atom. The van der Waals surface area contributed by atoms with Crippen LogP contribution in [0.5, 0.6) is 5.75 Å². The highest BCUT2D eigenvalue weighted by Gasteiger charge is 2.24. The van der Waals surface area contributed by atoms with Crippen molar-refractivity contribution in [3.63, 3.8) is 0 Å². The smallest absolute Gasteiger partial charge is 0.293 e. The lowest BCUT2D eigenvalue weighted by Gasteiger charge is -2.18. The fraction of sp³-hybridized carbons (Fsp3) is 0.400. The van der Waals surface area contributed by atoms with Gasteiger partial charge in [-0.1, -0.05) is 26.0 Å². The number of hydrogen-bond donors (Lipinski definition) is 2. The molecule has 0 unspecified atom stereocenters. The topological polar surface area (TPSA) is 150 Å². The third-order valence-electron chi connectivity index (χ3n) is 4.67. The predicted molar refractivity (Wildman–Crippen MR) is 118 cm³/mol. The van der Waals surface area contributed by atoms with E-state index in [2.05, 4.69) is 40.7 Å². The van der Waals surface area contributed by atoms with Crippen molar-refractivity contribution in [2.45, 2.75) is 33.7 Å². The van der Waals surface area contributed by atoms with Crippen LogP contribution in [-0.2, 0) is 6.54 Å². The fourth-order valence-corrected chi connectivity index (χ4v) is 2.88. The van der Waals surface area contributed by atoms with Crippen LogP contribution in [0.25, 0.3) is 5.82 Å². The molecule has 0 fully saturated rings. The third kappa shape index (κ3) is 5.46. The van der Waals surface area contributed by atoms with E-state index in [4.69, 9.17) is 10.5 Å². The maximum atomic E-state index is 12.8. The van der Waals surface area contributed by atoms with Gasteiger partial charge in [0.1, 0.15) is 5.75 Å². The number of amides is 1. The molecule has 0 aliphatic heterocycles. The van der Waals surface area contributed by atoms with E-state index in [-0.39, 0.29) is 17.3 Å². The van der Waals surface area contributed by atoms with Gasteiger partial charge in [0.15, 0.2) is 5.69 Å². The molecule has 2 heterocycles. The third-order valence-corrected chi connectivity index (χ3v) is 4.67. The van der Waals surface area contributed by atoms with Crippen LogP contribution in [0.4, 0.5) is 5.82 Å². The van der Waals surface area contributed by atoms with Crippen LogP contribution in [0.15, 0.2) is 34.0 Å². The Hall–Kier alpha value is -3.80. The van der Waals surface area contributed by atoms with Gasteiger partial charge >= 0.3 is 0 Å². The van der Waals surface area contributed by atoms with Crippen molar-refractivity contribution in [3.8, 4) is 11.6 Å². The largest absolute Gasteiger partial charge is 0.494 e. The highest BCUT2D eigenvalue weighted by molar-refractivity contribution is 5.94. The molecule has 0 atom stereocenters. The maximum Gasteiger partial charge on any atom is 0.293 e. The number of hydrogen-bond acceptors (Lipinski definition) is 10. The Balaban J connectivity index is 1.76. The molecule has 3 aromatic rings. The second kappa shape index (κ2) is 11.0. The Bertz CT molecular complexity index is 1040. The lowest BCUT2D eigenvalue weighted by atomic mass is 10.2. The van der Waals surface area contributed by atoms with Crippen LogP contribution in [0.3, 0.4) is 0 Å². The zero-order valence-corrected chi connectivity index (χ0v) is 18.4. The number of benzene rings is 1. The first kappa shape index (κ1) is 22.9. The quantitative estimate of drug-likeness (QED) is 0.334. The second-order valence-electron chi connectivity index (χ2n) is 6.85. The second-order valence-corrected chi connectivity index (χ2v) is 6.85. The number of nitrogen functional groups attached to an aromatic ring is 1. The van der Waals surface area contributed by atoms with E-state index in [9.17, 15) is 4.79 Å². The molecule has 0 radical (unpaired) electrons. The number of aromatic nitrogens is 5. The molecule has 170 valence electrons. The fourth-order valence-electron chi connectivity index (χ4n) is 2.88. The molecule has 0 saturated carbocycles. The van der Waals surface area contributed by atoms with Crippen molar-refractivity contribution in [3.05, 3.63) is 41.2 Å². The molecule has 12 nitrogen and oxygen atoms in total. The standard InChI is InChI=1S/C20H27N9O3/c1-4-11-31-15-9-7-14(8-10-15)12-22-24-20(30)17-16(13-28(5-2)6-3)29(27-23-17)19-18(21)25-32-26-19/h7-10,12H,4-6,11,13H2,1-3H3,(H2,21,25)(H,24,30). The van der Waals surface area contributed by atoms with E-state index in [1.165, 1.54) is 10.9 Å². The van der Waals surface area contributed by atoms with Crippen LogP contribution < -0.4 is 15.9 Å². The summed E-state index contributed by atoms with van der Waals surface area (Å²) in [5, 5.41) is 19.4. The van der Waals surface area contributed by atoms with E-state index in [1.54, 1.807) is 0 Å². The summed E-state index contributed by atoms with van der Waals surface area (Å²) in [4.78, 5) is 14.9. The minimum absolute atomic E-state index is 0.0482. The number of anilines is 1. The van der Waals surface area contributed by atoms with E-state index in [1.807, 2.05) is 45.0 Å². The lowest BCUT2D eigenvalue weighted by Crippen LogP contribution is -2.27. The Labute approximate surface area is 185 Å². The van der Waals surface area contributed by atoms with E-state index >= 15 is 0 Å². The van der Waals surface area contributed by atoms with Gasteiger partial charge in [0.25, 0.3) is 5.91 Å². The number of nitrogens with two attached hydrogens (primary N) is 1. The van der Waals surface area contributed by atoms with E-state index < -0.39 is 5.91 Å². The molecule has 0 bridgehead atoms. The monoisotopic (exact) mass is 441 g/mol. The molecule has 0 aliphatic rings. The number of carbonyl (C=O) groups is 1. The molecule has 0 spiro atoms. The summed E-state index contributed by atoms with van der Waals surface area (Å²) in [6, 6.07) is 7.40. The summed E-state index contributed by atoms with van der Waals surface area (Å²) < 4.78 is 11.6. The van der Waals surface area contributed by atoms with E-state index in [0.29, 0.717) is 18.8 Å². The summed E-state index contributed by atoms with van der Waals surface area (Å²) in [5.74, 6) is 0.500. The van der Waals surface area contributed by atoms with Crippen LogP contribution in [0, 0.1) is 0 Å². The summed E-state index contributed by atoms with van der Waals surface area (Å²) in [6.45, 7) is 8.69. The van der Waals surface area contributed by atoms with Gasteiger partial charge in [-0.15, -0.1) is 5.10 Å². The van der Waals surface area contributed by atoms with Crippen LogP contribution in [0.2, 0.25) is 0 Å². The first-order valence-corrected chi connectivity index (χ1v) is 10.4. The minimum Gasteiger partial charge on any atom is -0.494 e. The highest BCUT2D eigenvalue weighted by Crippen LogP contribution is 2.17. The zero-order valence-electron chi connectivity index (χ0n) is 18.4. The number of nitrogens with zero attached hydrogens (tertiary/aromatic N) is 7. The summed E-state index contributed by atoms with van der Waals surface area (Å²) in [7, 11) is 0. The zero-order chi connectivity index (χ0) is 22.9. The molecule has 0 saturated heterocycles. The van der Waals surface area contributed by atoms with E-state index in [0.717, 1.165) is 30.8 Å². The van der Waals surface area contributed by atoms with Crippen molar-refractivity contribution in [1.29, 1.82) is 0 Å². The van der Waals surface area contributed by atoms with Gasteiger partial charge in [-0.3, -0.25) is 9.69 Å². The van der Waals surface area contributed by atoms with Gasteiger partial charge in [-0.05, 0) is 59.7 Å². The molecule has 32 heavy (non-hydrogen) atoms. The van der Waals surface area contributed by atoms with Gasteiger partial charge in [0.2, 0.25) is 11.6 Å². The Kier molecular flexibility index (Phi) is 7.86. The number of rotatable bonds is 11. The maximum absolute atomic E-state index is 12.8. The van der Waals surface area contributed by atoms with Crippen LogP contribution in [0.1, 0.15) is 48.9 Å². The summed E-state index contributed by atoms with van der Waals surface area (Å²) in [6.07, 6.45) is 2.48. The number of ether oxygens (including phenoxy) is 1. The molecular formula is C20H27N9O3. The van der Waals surface area contributed by atoms with Crippen LogP contribution in [-0.4, -0.2) is 62.0 Å². The van der Waals surface area contributed by atoms with Gasteiger partial charge in [0.05, 0.1) is 18.5 Å². The molecular weight excluding hydrogens is 414 g/mol. The first-order valence-electron chi connectivity index (χ1n) is 10.4. The Morgan fingerprint density at radius 1 is 1.25 bits per heavy atom. The average molecular weight is 441 g/mol. The molecule has 2 aromatic heterocycles. The highest BCUT2D eigenvalue weighted by atomic mass is 16.6. The number of hydrazone groups is 1. The predicted octanol–water partition coefficient (Wildman–Crippen LogP) is 1.63. The number of carbonyl (C=O) groups excluding carboxylic acids is 1. The average Bonchev–Trinajstić information content (AvgIpc) is 3.42. The summed E-state index contributed by atoms with van der Waals surface area (Å²) >= 11 is 0. The van der Waals surface area contributed by atoms with Crippen molar-refractivity contribution >= 4 is 17.9 Å². The SMILES string of the molecule is CCCOc1ccc(C=NNC(=O)c2nnn(-c3nonc3N)c2CN(CC)CC)cc1. The molecule has 0 aliphatic carbocycles. The molecule has 3 rings (SSSR count). The van der Waals surface area contributed by atoms with Gasteiger partial charge in [0, 0.05) is 6.54 Å². The molecule has 1 aromatic carbocycles. The lowest BCUT2D eigenvalue weighted by molar-refractivity contribution is 0.0948. The van der Waals surface area contributed by atoms with Crippen molar-refractivity contribution in [2.75, 3.05) is 25.4 Å². The Morgan fingerprint density at radius 2 is 2.00 bits per heavy atom. The number of nitrogens with one attached hydrogen (secondary N) is 1. The van der Waals surface area contributed by atoms with Gasteiger partial charge < -0.3 is 10.5 Å². The van der Waals surface area contributed by atoms with Crippen LogP contribution >= 0.6 is 0 Å². The van der Waals surface area contributed by atoms with Crippen molar-refractivity contribution < 1.29 is 14.2 Å². The van der Waals surface area contributed by atoms with Gasteiger partial charge in [-0.2, -0.15) is 9.78 Å². The van der Waals surface area contributed by atoms with Crippen molar-refractivity contribution in [1.82, 2.24) is 35.6 Å². The minimum atomic E-state index is -0.507. The molecule has 1 amide bonds. The van der Waals surface area contributed by atoms with Gasteiger partial charge in [-0.25, -0.2) is 10.1 Å². The molecule has 3 N–H and O–H groups in total. The first-order chi connectivity index (χ1) is 15.6. The molecule has 12 heteroatoms. The normalized spacial score (nSPS) is 11.4.